The number of aromatic amines is 1. The molecular weight excluding hydrogens is 543 g/mol. The van der Waals surface area contributed by atoms with Crippen molar-refractivity contribution in [1.82, 2.24) is 20.5 Å². The van der Waals surface area contributed by atoms with Gasteiger partial charge in [0.2, 0.25) is 11.8 Å². The van der Waals surface area contributed by atoms with Gasteiger partial charge in [-0.15, -0.1) is 0 Å². The first-order valence-corrected chi connectivity index (χ1v) is 14.2. The lowest BCUT2D eigenvalue weighted by atomic mass is 9.89. The van der Waals surface area contributed by atoms with E-state index in [2.05, 4.69) is 15.6 Å². The molecule has 3 aromatic carbocycles. The molecule has 4 atom stereocenters. The third-order valence-electron chi connectivity index (χ3n) is 8.45. The lowest BCUT2D eigenvalue weighted by Gasteiger charge is -2.38. The summed E-state index contributed by atoms with van der Waals surface area (Å²) in [5.74, 6) is -1.80. The van der Waals surface area contributed by atoms with Crippen molar-refractivity contribution in [2.24, 2.45) is 5.92 Å². The zero-order valence-electron chi connectivity index (χ0n) is 22.7. The number of fused-ring (bicyclic) bond motifs is 7. The van der Waals surface area contributed by atoms with E-state index in [0.717, 1.165) is 27.7 Å². The second kappa shape index (κ2) is 10.7. The van der Waals surface area contributed by atoms with E-state index in [4.69, 9.17) is 11.6 Å². The first-order valence-electron chi connectivity index (χ1n) is 13.8. The van der Waals surface area contributed by atoms with Crippen LogP contribution in [0.15, 0.2) is 66.7 Å². The minimum Gasteiger partial charge on any atom is -0.356 e. The van der Waals surface area contributed by atoms with Gasteiger partial charge in [-0.1, -0.05) is 74.3 Å². The monoisotopic (exact) mass is 572 g/mol. The number of aromatic nitrogens is 1. The van der Waals surface area contributed by atoms with Crippen molar-refractivity contribution in [2.75, 3.05) is 0 Å². The summed E-state index contributed by atoms with van der Waals surface area (Å²) in [6.45, 7) is 3.69. The van der Waals surface area contributed by atoms with E-state index in [1.807, 2.05) is 56.3 Å². The third kappa shape index (κ3) is 4.56. The lowest BCUT2D eigenvalue weighted by Crippen LogP contribution is -2.58. The van der Waals surface area contributed by atoms with Gasteiger partial charge in [-0.2, -0.15) is 0 Å². The molecule has 0 spiro atoms. The van der Waals surface area contributed by atoms with Crippen molar-refractivity contribution in [2.45, 2.75) is 51.4 Å². The average molecular weight is 573 g/mol. The highest BCUT2D eigenvalue weighted by Crippen LogP contribution is 2.46. The Morgan fingerprint density at radius 1 is 1.10 bits per heavy atom. The van der Waals surface area contributed by atoms with Crippen LogP contribution in [0.4, 0.5) is 4.39 Å². The van der Waals surface area contributed by atoms with E-state index in [0.29, 0.717) is 18.4 Å². The molecule has 41 heavy (non-hydrogen) atoms. The fraction of sp³-hybridized carbons (Fsp3) is 0.281. The molecule has 9 heteroatoms. The Morgan fingerprint density at radius 3 is 2.63 bits per heavy atom. The third-order valence-corrected chi connectivity index (χ3v) is 8.80. The molecule has 210 valence electrons. The Kier molecular flexibility index (Phi) is 7.03. The number of hydrogen-bond donors (Lipinski definition) is 3. The van der Waals surface area contributed by atoms with E-state index in [-0.39, 0.29) is 29.0 Å². The lowest BCUT2D eigenvalue weighted by molar-refractivity contribution is -0.133. The molecule has 0 bridgehead atoms. The number of H-pyrrole nitrogens is 1. The van der Waals surface area contributed by atoms with Crippen LogP contribution in [0, 0.1) is 11.7 Å². The van der Waals surface area contributed by atoms with Crippen LogP contribution in [0.3, 0.4) is 0 Å². The van der Waals surface area contributed by atoms with Crippen LogP contribution < -0.4 is 10.6 Å². The van der Waals surface area contributed by atoms with Gasteiger partial charge in [0, 0.05) is 45.7 Å². The van der Waals surface area contributed by atoms with E-state index < -0.39 is 35.8 Å². The smallest absolute Gasteiger partial charge is 0.255 e. The van der Waals surface area contributed by atoms with Crippen LogP contribution >= 0.6 is 11.6 Å². The number of amides is 3. The molecule has 0 saturated heterocycles. The first kappa shape index (κ1) is 27.0. The first-order chi connectivity index (χ1) is 19.8. The van der Waals surface area contributed by atoms with Crippen molar-refractivity contribution >= 4 is 40.2 Å². The maximum absolute atomic E-state index is 14.3. The van der Waals surface area contributed by atoms with E-state index in [1.165, 1.54) is 12.1 Å². The molecule has 3 N–H and O–H groups in total. The summed E-state index contributed by atoms with van der Waals surface area (Å²) in [7, 11) is 0. The summed E-state index contributed by atoms with van der Waals surface area (Å²) in [6.07, 6.45) is 0.924. The Balaban J connectivity index is 1.31. The van der Waals surface area contributed by atoms with Crippen molar-refractivity contribution in [1.29, 1.82) is 0 Å². The molecular formula is C32H30ClFN4O3. The zero-order valence-corrected chi connectivity index (χ0v) is 23.5. The molecule has 2 aliphatic rings. The maximum Gasteiger partial charge on any atom is 0.255 e. The Bertz CT molecular complexity index is 1660. The van der Waals surface area contributed by atoms with Crippen LogP contribution in [-0.2, 0) is 22.6 Å². The molecule has 7 nitrogen and oxygen atoms in total. The molecule has 1 aromatic heterocycles. The Hall–Kier alpha value is -4.17. The van der Waals surface area contributed by atoms with E-state index >= 15 is 0 Å². The number of carbonyl (C=O) groups is 3. The van der Waals surface area contributed by atoms with Gasteiger partial charge in [0.05, 0.1) is 6.04 Å². The zero-order chi connectivity index (χ0) is 28.8. The van der Waals surface area contributed by atoms with Gasteiger partial charge < -0.3 is 20.5 Å². The highest BCUT2D eigenvalue weighted by Gasteiger charge is 2.49. The topological polar surface area (TPSA) is 94.3 Å². The second-order valence-corrected chi connectivity index (χ2v) is 11.2. The van der Waals surface area contributed by atoms with Crippen molar-refractivity contribution in [3.63, 3.8) is 0 Å². The number of hydrogen-bond acceptors (Lipinski definition) is 3. The SMILES string of the molecule is CC[C@@H](C)[C@H](NC(=O)[C@@H]1Cc2c([nH]c3ccccc23)[C@@H]2c3ccccc3C(=O)N21)C(=O)NCc1c(F)cccc1Cl. The highest BCUT2D eigenvalue weighted by atomic mass is 35.5. The summed E-state index contributed by atoms with van der Waals surface area (Å²) in [5, 5.41) is 6.92. The number of para-hydroxylation sites is 1. The molecule has 0 saturated carbocycles. The van der Waals surface area contributed by atoms with E-state index in [1.54, 1.807) is 17.0 Å². The highest BCUT2D eigenvalue weighted by molar-refractivity contribution is 6.31. The molecule has 0 unspecified atom stereocenters. The summed E-state index contributed by atoms with van der Waals surface area (Å²) >= 11 is 6.14. The normalized spacial score (nSPS) is 18.8. The predicted molar refractivity (Wildman–Crippen MR) is 155 cm³/mol. The quantitative estimate of drug-likeness (QED) is 0.281. The van der Waals surface area contributed by atoms with E-state index in [9.17, 15) is 18.8 Å². The molecule has 2 aliphatic heterocycles. The fourth-order valence-corrected chi connectivity index (χ4v) is 6.31. The van der Waals surface area contributed by atoms with Crippen LogP contribution in [-0.4, -0.2) is 39.7 Å². The van der Waals surface area contributed by atoms with Crippen LogP contribution in [0.1, 0.15) is 59.1 Å². The van der Waals surface area contributed by atoms with Crippen molar-refractivity contribution < 1.29 is 18.8 Å². The number of nitrogens with zero attached hydrogens (tertiary/aromatic N) is 1. The largest absolute Gasteiger partial charge is 0.356 e. The standard InChI is InChI=1S/C32H30ClFN4O3/c1-3-17(2)27(31(40)35-16-22-23(33)12-8-13-24(22)34)37-30(39)26-15-21-18-9-6-7-14-25(18)36-28(21)29-19-10-4-5-11-20(19)32(41)38(26)29/h4-14,17,26-27,29,36H,3,15-16H2,1-2H3,(H,35,40)(H,37,39)/t17-,26+,27+,29+/m1/s1. The summed E-state index contributed by atoms with van der Waals surface area (Å²) in [4.78, 5) is 46.3. The van der Waals surface area contributed by atoms with Gasteiger partial charge in [0.25, 0.3) is 5.91 Å². The number of benzene rings is 3. The number of nitrogens with one attached hydrogen (secondary N) is 3. The van der Waals surface area contributed by atoms with Gasteiger partial charge >= 0.3 is 0 Å². The van der Waals surface area contributed by atoms with Crippen molar-refractivity contribution in [3.05, 3.63) is 106 Å². The van der Waals surface area contributed by atoms with Gasteiger partial charge in [0.1, 0.15) is 17.9 Å². The summed E-state index contributed by atoms with van der Waals surface area (Å²) in [5.41, 5.74) is 4.44. The number of halogens is 2. The van der Waals surface area contributed by atoms with Gasteiger partial charge in [-0.05, 0) is 41.3 Å². The fourth-order valence-electron chi connectivity index (χ4n) is 6.08. The van der Waals surface area contributed by atoms with Crippen LogP contribution in [0.25, 0.3) is 10.9 Å². The summed E-state index contributed by atoms with van der Waals surface area (Å²) in [6, 6.07) is 17.5. The van der Waals surface area contributed by atoms with Gasteiger partial charge in [-0.3, -0.25) is 14.4 Å². The summed E-state index contributed by atoms with van der Waals surface area (Å²) < 4.78 is 14.3. The van der Waals surface area contributed by atoms with Gasteiger partial charge in [-0.25, -0.2) is 4.39 Å². The van der Waals surface area contributed by atoms with Crippen LogP contribution in [0.5, 0.6) is 0 Å². The minimum atomic E-state index is -0.888. The second-order valence-electron chi connectivity index (χ2n) is 10.8. The molecule has 0 radical (unpaired) electrons. The molecule has 3 amide bonds. The Labute approximate surface area is 242 Å². The maximum atomic E-state index is 14.3. The predicted octanol–water partition coefficient (Wildman–Crippen LogP) is 5.28. The minimum absolute atomic E-state index is 0.114. The Morgan fingerprint density at radius 2 is 1.85 bits per heavy atom. The molecule has 0 aliphatic carbocycles. The number of carbonyl (C=O) groups excluding carboxylic acids is 3. The van der Waals surface area contributed by atoms with Crippen molar-refractivity contribution in [3.8, 4) is 0 Å². The number of rotatable bonds is 7. The molecule has 4 aromatic rings. The molecule has 3 heterocycles. The molecule has 6 rings (SSSR count). The molecule has 0 fully saturated rings. The average Bonchev–Trinajstić information content (AvgIpc) is 3.50. The van der Waals surface area contributed by atoms with Crippen LogP contribution in [0.2, 0.25) is 5.02 Å². The van der Waals surface area contributed by atoms with Gasteiger partial charge in [0.15, 0.2) is 0 Å².